The smallest absolute Gasteiger partial charge is 0.231 e. The van der Waals surface area contributed by atoms with Gasteiger partial charge in [-0.2, -0.15) is 0 Å². The molecule has 1 saturated heterocycles. The minimum atomic E-state index is -0.896. The third-order valence-electron chi connectivity index (χ3n) is 8.62. The largest absolute Gasteiger partial charge is 0.327 e. The average molecular weight is 521 g/mol. The summed E-state index contributed by atoms with van der Waals surface area (Å²) in [5.41, 5.74) is 17.6. The van der Waals surface area contributed by atoms with Crippen molar-refractivity contribution in [2.24, 2.45) is 39.6 Å². The molecule has 6 atom stereocenters. The SMILES string of the molecule is CCCC1C=NCC(NC(=O)C(C(N)N)C2CC(CC)(CCC)C(C)C=C(F)CN2)=C1C1NCNN1C. The normalized spacial score (nSPS) is 32.3. The molecule has 0 radical (unpaired) electrons. The number of hydrogen-bond donors (Lipinski definition) is 6. The molecule has 1 fully saturated rings. The van der Waals surface area contributed by atoms with E-state index in [9.17, 15) is 9.18 Å². The molecule has 3 heterocycles. The van der Waals surface area contributed by atoms with Gasteiger partial charge in [-0.15, -0.1) is 0 Å². The quantitative estimate of drug-likeness (QED) is 0.243. The van der Waals surface area contributed by atoms with Crippen LogP contribution >= 0.6 is 0 Å². The van der Waals surface area contributed by atoms with E-state index in [4.69, 9.17) is 11.5 Å². The van der Waals surface area contributed by atoms with Crippen molar-refractivity contribution in [1.29, 1.82) is 0 Å². The van der Waals surface area contributed by atoms with Gasteiger partial charge in [0, 0.05) is 37.5 Å². The fourth-order valence-corrected chi connectivity index (χ4v) is 6.52. The van der Waals surface area contributed by atoms with Crippen LogP contribution in [-0.2, 0) is 4.79 Å². The van der Waals surface area contributed by atoms with Gasteiger partial charge in [-0.3, -0.25) is 15.1 Å². The topological polar surface area (TPSA) is 133 Å². The molecule has 210 valence electrons. The molecule has 3 aliphatic heterocycles. The van der Waals surface area contributed by atoms with E-state index in [1.165, 1.54) is 0 Å². The van der Waals surface area contributed by atoms with Crippen LogP contribution in [0.25, 0.3) is 0 Å². The third-order valence-corrected chi connectivity index (χ3v) is 8.62. The van der Waals surface area contributed by atoms with Crippen LogP contribution in [0.5, 0.6) is 0 Å². The Morgan fingerprint density at radius 1 is 1.30 bits per heavy atom. The number of dihydropyridines is 1. The van der Waals surface area contributed by atoms with Gasteiger partial charge in [-0.1, -0.05) is 40.5 Å². The number of nitrogens with zero attached hydrogens (tertiary/aromatic N) is 2. The highest BCUT2D eigenvalue weighted by Gasteiger charge is 2.42. The number of likely N-dealkylation sites (N-methyl/N-ethyl adjacent to an activating group) is 1. The van der Waals surface area contributed by atoms with Gasteiger partial charge in [0.15, 0.2) is 0 Å². The molecule has 37 heavy (non-hydrogen) atoms. The first-order chi connectivity index (χ1) is 17.7. The minimum absolute atomic E-state index is 0.0491. The Kier molecular flexibility index (Phi) is 10.8. The van der Waals surface area contributed by atoms with Gasteiger partial charge in [-0.05, 0) is 48.7 Å². The van der Waals surface area contributed by atoms with E-state index in [0.717, 1.165) is 43.4 Å². The molecule has 0 aromatic rings. The first kappa shape index (κ1) is 29.9. The van der Waals surface area contributed by atoms with Crippen molar-refractivity contribution in [2.45, 2.75) is 84.6 Å². The fourth-order valence-electron chi connectivity index (χ4n) is 6.52. The van der Waals surface area contributed by atoms with Crippen molar-refractivity contribution in [3.05, 3.63) is 23.2 Å². The Bertz CT molecular complexity index is 874. The van der Waals surface area contributed by atoms with Gasteiger partial charge in [-0.25, -0.2) is 14.8 Å². The predicted molar refractivity (Wildman–Crippen MR) is 148 cm³/mol. The van der Waals surface area contributed by atoms with E-state index in [1.54, 1.807) is 6.08 Å². The van der Waals surface area contributed by atoms with Crippen LogP contribution in [0, 0.1) is 23.2 Å². The second kappa shape index (κ2) is 13.4. The van der Waals surface area contributed by atoms with Gasteiger partial charge >= 0.3 is 0 Å². The Labute approximate surface area is 222 Å². The number of hydrazine groups is 1. The number of amides is 1. The summed E-state index contributed by atoms with van der Waals surface area (Å²) in [7, 11) is 1.99. The molecule has 0 aromatic carbocycles. The number of halogens is 1. The van der Waals surface area contributed by atoms with Crippen molar-refractivity contribution < 1.29 is 9.18 Å². The van der Waals surface area contributed by atoms with E-state index < -0.39 is 12.1 Å². The van der Waals surface area contributed by atoms with Gasteiger partial charge in [0.05, 0.1) is 31.5 Å². The lowest BCUT2D eigenvalue weighted by molar-refractivity contribution is -0.126. The maximum atomic E-state index is 14.8. The maximum Gasteiger partial charge on any atom is 0.231 e. The first-order valence-electron chi connectivity index (χ1n) is 14.0. The van der Waals surface area contributed by atoms with Crippen LogP contribution in [0.3, 0.4) is 0 Å². The lowest BCUT2D eigenvalue weighted by Crippen LogP contribution is -2.58. The molecular weight excluding hydrogens is 471 g/mol. The lowest BCUT2D eigenvalue weighted by atomic mass is 9.65. The van der Waals surface area contributed by atoms with E-state index in [1.807, 2.05) is 18.3 Å². The molecule has 0 aromatic heterocycles. The van der Waals surface area contributed by atoms with Crippen molar-refractivity contribution in [3.63, 3.8) is 0 Å². The van der Waals surface area contributed by atoms with E-state index in [-0.39, 0.29) is 47.7 Å². The molecular formula is C27H49FN8O. The highest BCUT2D eigenvalue weighted by atomic mass is 19.1. The fraction of sp³-hybridized carbons (Fsp3) is 0.778. The van der Waals surface area contributed by atoms with Crippen molar-refractivity contribution in [1.82, 2.24) is 26.4 Å². The number of nitrogens with one attached hydrogen (secondary N) is 4. The van der Waals surface area contributed by atoms with Crippen molar-refractivity contribution in [2.75, 3.05) is 26.8 Å². The highest BCUT2D eigenvalue weighted by molar-refractivity contribution is 5.83. The van der Waals surface area contributed by atoms with E-state index in [2.05, 4.69) is 54.1 Å². The number of carbonyl (C=O) groups is 1. The Balaban J connectivity index is 1.94. The Morgan fingerprint density at radius 2 is 2.05 bits per heavy atom. The van der Waals surface area contributed by atoms with E-state index in [0.29, 0.717) is 19.6 Å². The molecule has 3 rings (SSSR count). The van der Waals surface area contributed by atoms with Gasteiger partial charge < -0.3 is 22.1 Å². The van der Waals surface area contributed by atoms with Crippen molar-refractivity contribution >= 4 is 12.1 Å². The van der Waals surface area contributed by atoms with Gasteiger partial charge in [0.1, 0.15) is 5.83 Å². The summed E-state index contributed by atoms with van der Waals surface area (Å²) in [5, 5.41) is 12.0. The maximum absolute atomic E-state index is 14.8. The zero-order chi connectivity index (χ0) is 27.2. The zero-order valence-electron chi connectivity index (χ0n) is 23.3. The second-order valence-corrected chi connectivity index (χ2v) is 11.0. The summed E-state index contributed by atoms with van der Waals surface area (Å²) < 4.78 is 14.8. The predicted octanol–water partition coefficient (Wildman–Crippen LogP) is 2.09. The van der Waals surface area contributed by atoms with Crippen LogP contribution < -0.4 is 32.8 Å². The monoisotopic (exact) mass is 520 g/mol. The van der Waals surface area contributed by atoms with Crippen LogP contribution in [0.4, 0.5) is 4.39 Å². The number of nitrogens with two attached hydrogens (primary N) is 2. The number of hydrogen-bond acceptors (Lipinski definition) is 8. The zero-order valence-corrected chi connectivity index (χ0v) is 23.3. The number of carbonyl (C=O) groups excluding carboxylic acids is 1. The molecule has 0 saturated carbocycles. The van der Waals surface area contributed by atoms with Crippen LogP contribution in [0.1, 0.15) is 66.2 Å². The summed E-state index contributed by atoms with van der Waals surface area (Å²) in [4.78, 5) is 18.5. The second-order valence-electron chi connectivity index (χ2n) is 11.0. The number of aliphatic imine (C=N–C) groups is 1. The number of rotatable bonds is 10. The summed E-state index contributed by atoms with van der Waals surface area (Å²) in [6, 6.07) is -0.357. The van der Waals surface area contributed by atoms with Crippen molar-refractivity contribution in [3.8, 4) is 0 Å². The molecule has 9 nitrogen and oxygen atoms in total. The summed E-state index contributed by atoms with van der Waals surface area (Å²) in [6.07, 6.45) is 8.23. The van der Waals surface area contributed by atoms with Gasteiger partial charge in [0.25, 0.3) is 0 Å². The standard InChI is InChI=1S/C27H49FN8O/c1-6-9-18-13-31-15-21(22(18)25-33-16-34-36(25)5)35-26(37)23(24(29)30)20-12-27(8-3,10-7-2)17(4)11-19(28)14-32-20/h11,13,17-18,20,23-25,32-34H,6-10,12,14-16,29-30H2,1-5H3,(H,35,37). The highest BCUT2D eigenvalue weighted by Crippen LogP contribution is 2.44. The Hall–Kier alpha value is -1.69. The van der Waals surface area contributed by atoms with Gasteiger partial charge in [0.2, 0.25) is 5.91 Å². The first-order valence-corrected chi connectivity index (χ1v) is 14.0. The molecule has 1 amide bonds. The van der Waals surface area contributed by atoms with E-state index >= 15 is 0 Å². The van der Waals surface area contributed by atoms with Crippen LogP contribution in [0.2, 0.25) is 0 Å². The molecule has 0 spiro atoms. The molecule has 8 N–H and O–H groups in total. The van der Waals surface area contributed by atoms with Crippen LogP contribution in [-0.4, -0.2) is 62.3 Å². The molecule has 3 aliphatic rings. The lowest BCUT2D eigenvalue weighted by Gasteiger charge is -2.44. The molecule has 0 bridgehead atoms. The van der Waals surface area contributed by atoms with Crippen LogP contribution in [0.15, 0.2) is 28.2 Å². The molecule has 10 heteroatoms. The Morgan fingerprint density at radius 3 is 2.65 bits per heavy atom. The minimum Gasteiger partial charge on any atom is -0.327 e. The summed E-state index contributed by atoms with van der Waals surface area (Å²) in [6.45, 7) is 9.64. The summed E-state index contributed by atoms with van der Waals surface area (Å²) in [5.74, 6) is -0.991. The third kappa shape index (κ3) is 6.85. The number of allylic oxidation sites excluding steroid dienone is 1. The molecule has 6 unspecified atom stereocenters. The molecule has 0 aliphatic carbocycles. The average Bonchev–Trinajstić information content (AvgIpc) is 3.26. The summed E-state index contributed by atoms with van der Waals surface area (Å²) >= 11 is 0.